The van der Waals surface area contributed by atoms with E-state index in [0.717, 1.165) is 25.9 Å². The van der Waals surface area contributed by atoms with Gasteiger partial charge in [0, 0.05) is 6.61 Å². The van der Waals surface area contributed by atoms with Crippen LogP contribution in [0, 0.1) is 0 Å². The Balaban J connectivity index is 3.08. The number of unbranched alkanes of at least 4 members (excludes halogenated alkanes) is 6. The third-order valence-corrected chi connectivity index (χ3v) is 2.89. The van der Waals surface area contributed by atoms with Gasteiger partial charge in [-0.1, -0.05) is 38.5 Å². The Bertz CT molecular complexity index is 178. The summed E-state index contributed by atoms with van der Waals surface area (Å²) in [4.78, 5) is 0. The molecule has 0 fully saturated rings. The number of alkyl halides is 1. The number of aliphatic hydroxyl groups excluding tert-OH is 1. The summed E-state index contributed by atoms with van der Waals surface area (Å²) in [5, 5.41) is 8.53. The highest BCUT2D eigenvalue weighted by molar-refractivity contribution is 4.58. The van der Waals surface area contributed by atoms with Gasteiger partial charge in [-0.2, -0.15) is 0 Å². The van der Waals surface area contributed by atoms with Crippen LogP contribution in [0.2, 0.25) is 0 Å². The molecule has 0 aromatic carbocycles. The molecule has 0 rings (SSSR count). The minimum atomic E-state index is -1.01. The van der Waals surface area contributed by atoms with Gasteiger partial charge in [0.2, 0.25) is 0 Å². The minimum Gasteiger partial charge on any atom is -0.393 e. The third-order valence-electron chi connectivity index (χ3n) is 2.89. The van der Waals surface area contributed by atoms with E-state index in [9.17, 15) is 4.39 Å². The van der Waals surface area contributed by atoms with E-state index in [0.29, 0.717) is 6.42 Å². The van der Waals surface area contributed by atoms with E-state index in [1.165, 1.54) is 25.7 Å². The van der Waals surface area contributed by atoms with Crippen molar-refractivity contribution >= 4 is 0 Å². The maximum absolute atomic E-state index is 12.7. The van der Waals surface area contributed by atoms with Crippen LogP contribution in [0.4, 0.5) is 4.39 Å². The first-order chi connectivity index (χ1) is 8.45. The fourth-order valence-electron chi connectivity index (χ4n) is 1.82. The highest BCUT2D eigenvalue weighted by Gasteiger charge is 2.08. The van der Waals surface area contributed by atoms with Crippen LogP contribution < -0.4 is 0 Å². The van der Waals surface area contributed by atoms with Crippen molar-refractivity contribution in [1.82, 2.24) is 0 Å². The molecular weight excluding hydrogens is 231 g/mol. The summed E-state index contributed by atoms with van der Waals surface area (Å²) in [7, 11) is 0. The van der Waals surface area contributed by atoms with E-state index in [1.807, 2.05) is 0 Å². The number of rotatable bonds is 11. The summed E-state index contributed by atoms with van der Waals surface area (Å²) in [6.07, 6.45) is 7.48. The molecule has 1 atom stereocenters. The third kappa shape index (κ3) is 13.9. The van der Waals surface area contributed by atoms with Crippen LogP contribution in [-0.2, 0) is 4.74 Å². The Hall–Kier alpha value is -0.150. The number of ether oxygens (including phenoxy) is 1. The molecule has 2 nitrogen and oxygen atoms in total. The van der Waals surface area contributed by atoms with Crippen LogP contribution in [0.5, 0.6) is 0 Å². The lowest BCUT2D eigenvalue weighted by molar-refractivity contribution is -0.00475. The SMILES string of the molecule is CC(C)(C)OCCCCCCCCCC(F)CO. The maximum atomic E-state index is 12.7. The van der Waals surface area contributed by atoms with E-state index in [1.54, 1.807) is 0 Å². The van der Waals surface area contributed by atoms with Gasteiger partial charge in [0.25, 0.3) is 0 Å². The van der Waals surface area contributed by atoms with Crippen molar-refractivity contribution in [2.75, 3.05) is 13.2 Å². The zero-order valence-electron chi connectivity index (χ0n) is 12.4. The van der Waals surface area contributed by atoms with Gasteiger partial charge in [0.1, 0.15) is 6.17 Å². The Kier molecular flexibility index (Phi) is 10.7. The summed E-state index contributed by atoms with van der Waals surface area (Å²) in [5.41, 5.74) is -0.0182. The molecule has 0 aliphatic rings. The first-order valence-electron chi connectivity index (χ1n) is 7.34. The summed E-state index contributed by atoms with van der Waals surface area (Å²) in [6, 6.07) is 0. The Morgan fingerprint density at radius 2 is 1.44 bits per heavy atom. The average Bonchev–Trinajstić information content (AvgIpc) is 2.29. The molecule has 1 unspecified atom stereocenters. The molecule has 0 aliphatic carbocycles. The van der Waals surface area contributed by atoms with Gasteiger partial charge in [-0.3, -0.25) is 0 Å². The minimum absolute atomic E-state index is 0.0182. The highest BCUT2D eigenvalue weighted by atomic mass is 19.1. The lowest BCUT2D eigenvalue weighted by atomic mass is 10.1. The van der Waals surface area contributed by atoms with Crippen LogP contribution >= 0.6 is 0 Å². The summed E-state index contributed by atoms with van der Waals surface area (Å²) >= 11 is 0. The van der Waals surface area contributed by atoms with E-state index in [2.05, 4.69) is 20.8 Å². The Morgan fingerprint density at radius 1 is 0.944 bits per heavy atom. The van der Waals surface area contributed by atoms with Crippen molar-refractivity contribution in [3.05, 3.63) is 0 Å². The van der Waals surface area contributed by atoms with Crippen molar-refractivity contribution in [3.8, 4) is 0 Å². The molecule has 0 aromatic rings. The molecule has 0 saturated carbocycles. The first-order valence-corrected chi connectivity index (χ1v) is 7.34. The number of halogens is 1. The maximum Gasteiger partial charge on any atom is 0.123 e. The van der Waals surface area contributed by atoms with E-state index in [4.69, 9.17) is 9.84 Å². The average molecular weight is 262 g/mol. The monoisotopic (exact) mass is 262 g/mol. The molecule has 110 valence electrons. The van der Waals surface area contributed by atoms with Crippen LogP contribution in [0.3, 0.4) is 0 Å². The van der Waals surface area contributed by atoms with Gasteiger partial charge >= 0.3 is 0 Å². The molecule has 1 N–H and O–H groups in total. The van der Waals surface area contributed by atoms with E-state index in [-0.39, 0.29) is 12.2 Å². The zero-order valence-corrected chi connectivity index (χ0v) is 12.4. The Morgan fingerprint density at radius 3 is 1.94 bits per heavy atom. The smallest absolute Gasteiger partial charge is 0.123 e. The highest BCUT2D eigenvalue weighted by Crippen LogP contribution is 2.12. The molecule has 3 heteroatoms. The molecule has 0 aromatic heterocycles. The number of aliphatic hydroxyl groups is 1. The Labute approximate surface area is 112 Å². The molecule has 0 spiro atoms. The van der Waals surface area contributed by atoms with Gasteiger partial charge in [-0.15, -0.1) is 0 Å². The fraction of sp³-hybridized carbons (Fsp3) is 1.00. The molecule has 0 heterocycles. The topological polar surface area (TPSA) is 29.5 Å². The molecule has 0 radical (unpaired) electrons. The van der Waals surface area contributed by atoms with Crippen LogP contribution in [0.15, 0.2) is 0 Å². The van der Waals surface area contributed by atoms with E-state index < -0.39 is 6.17 Å². The van der Waals surface area contributed by atoms with Crippen molar-refractivity contribution in [1.29, 1.82) is 0 Å². The molecule has 18 heavy (non-hydrogen) atoms. The van der Waals surface area contributed by atoms with Crippen LogP contribution in [-0.4, -0.2) is 30.1 Å². The molecule has 0 amide bonds. The molecule has 0 bridgehead atoms. The van der Waals surface area contributed by atoms with Gasteiger partial charge in [0.05, 0.1) is 12.2 Å². The standard InChI is InChI=1S/C15H31FO2/c1-15(2,3)18-12-10-8-6-4-5-7-9-11-14(16)13-17/h14,17H,4-13H2,1-3H3. The van der Waals surface area contributed by atoms with Crippen molar-refractivity contribution in [2.24, 2.45) is 0 Å². The summed E-state index contributed by atoms with van der Waals surface area (Å²) < 4.78 is 18.3. The predicted molar refractivity (Wildman–Crippen MR) is 74.6 cm³/mol. The zero-order chi connectivity index (χ0) is 13.9. The lowest BCUT2D eigenvalue weighted by Gasteiger charge is -2.19. The van der Waals surface area contributed by atoms with E-state index >= 15 is 0 Å². The summed E-state index contributed by atoms with van der Waals surface area (Å²) in [5.74, 6) is 0. The second-order valence-electron chi connectivity index (χ2n) is 6.00. The summed E-state index contributed by atoms with van der Waals surface area (Å²) in [6.45, 7) is 6.77. The van der Waals surface area contributed by atoms with Crippen LogP contribution in [0.1, 0.15) is 72.1 Å². The number of hydrogen-bond donors (Lipinski definition) is 1. The van der Waals surface area contributed by atoms with Crippen LogP contribution in [0.25, 0.3) is 0 Å². The lowest BCUT2D eigenvalue weighted by Crippen LogP contribution is -2.19. The van der Waals surface area contributed by atoms with Gasteiger partial charge in [-0.05, 0) is 33.6 Å². The molecule has 0 aliphatic heterocycles. The largest absolute Gasteiger partial charge is 0.393 e. The molecule has 0 saturated heterocycles. The quantitative estimate of drug-likeness (QED) is 0.564. The first kappa shape index (κ1) is 17.8. The fourth-order valence-corrected chi connectivity index (χ4v) is 1.82. The normalized spacial score (nSPS) is 13.8. The molecular formula is C15H31FO2. The number of hydrogen-bond acceptors (Lipinski definition) is 2. The van der Waals surface area contributed by atoms with Crippen molar-refractivity contribution < 1.29 is 14.2 Å². The van der Waals surface area contributed by atoms with Crippen molar-refractivity contribution in [2.45, 2.75) is 83.9 Å². The van der Waals surface area contributed by atoms with Crippen molar-refractivity contribution in [3.63, 3.8) is 0 Å². The van der Waals surface area contributed by atoms with Gasteiger partial charge in [0.15, 0.2) is 0 Å². The predicted octanol–water partition coefficient (Wildman–Crippen LogP) is 4.25. The van der Waals surface area contributed by atoms with Gasteiger partial charge in [-0.25, -0.2) is 4.39 Å². The van der Waals surface area contributed by atoms with Gasteiger partial charge < -0.3 is 9.84 Å². The second kappa shape index (κ2) is 10.7. The second-order valence-corrected chi connectivity index (χ2v) is 6.00.